The van der Waals surface area contributed by atoms with Crippen molar-refractivity contribution in [1.29, 1.82) is 0 Å². The van der Waals surface area contributed by atoms with Gasteiger partial charge < -0.3 is 18.9 Å². The summed E-state index contributed by atoms with van der Waals surface area (Å²) >= 11 is 0. The molecule has 0 aromatic rings. The van der Waals surface area contributed by atoms with E-state index >= 15 is 0 Å². The number of methoxy groups -OCH3 is 4. The number of hydrogen-bond donors (Lipinski definition) is 0. The molecule has 2 fully saturated rings. The van der Waals surface area contributed by atoms with Crippen molar-refractivity contribution in [3.05, 3.63) is 12.2 Å². The van der Waals surface area contributed by atoms with Crippen molar-refractivity contribution in [3.63, 3.8) is 0 Å². The molecule has 178 valence electrons. The van der Waals surface area contributed by atoms with Crippen molar-refractivity contribution < 1.29 is 38.1 Å². The average molecular weight is 451 g/mol. The first-order valence-corrected chi connectivity index (χ1v) is 11.0. The summed E-state index contributed by atoms with van der Waals surface area (Å²) in [4.78, 5) is 50.8. The molecule has 3 aliphatic carbocycles. The zero-order chi connectivity index (χ0) is 23.9. The second-order valence-corrected chi connectivity index (χ2v) is 10.1. The van der Waals surface area contributed by atoms with Crippen LogP contribution in [0.2, 0.25) is 0 Å². The van der Waals surface area contributed by atoms with Crippen molar-refractivity contribution in [2.24, 2.45) is 33.5 Å². The van der Waals surface area contributed by atoms with Gasteiger partial charge in [-0.15, -0.1) is 0 Å². The molecule has 0 aromatic heterocycles. The quantitative estimate of drug-likeness (QED) is 0.279. The van der Waals surface area contributed by atoms with E-state index in [1.165, 1.54) is 28.4 Å². The number of allylic oxidation sites excluding steroid dienone is 2. The first-order chi connectivity index (χ1) is 15.0. The Hall–Kier alpha value is -2.38. The summed E-state index contributed by atoms with van der Waals surface area (Å²) in [6, 6.07) is 0. The van der Waals surface area contributed by atoms with Crippen LogP contribution in [0.15, 0.2) is 12.2 Å². The summed E-state index contributed by atoms with van der Waals surface area (Å²) in [6.07, 6.45) is 6.61. The molecule has 32 heavy (non-hydrogen) atoms. The van der Waals surface area contributed by atoms with Crippen LogP contribution in [0.4, 0.5) is 0 Å². The zero-order valence-corrected chi connectivity index (χ0v) is 19.8. The smallest absolute Gasteiger partial charge is 0.323 e. The third-order valence-corrected chi connectivity index (χ3v) is 8.65. The maximum Gasteiger partial charge on any atom is 0.323 e. The fourth-order valence-corrected chi connectivity index (χ4v) is 6.94. The van der Waals surface area contributed by atoms with Crippen LogP contribution in [0, 0.1) is 33.5 Å². The lowest BCUT2D eigenvalue weighted by Gasteiger charge is -2.60. The third-order valence-electron chi connectivity index (χ3n) is 8.65. The Kier molecular flexibility index (Phi) is 6.21. The Morgan fingerprint density at radius 2 is 1.25 bits per heavy atom. The van der Waals surface area contributed by atoms with Gasteiger partial charge in [0.1, 0.15) is 0 Å². The van der Waals surface area contributed by atoms with Crippen LogP contribution in [0.3, 0.4) is 0 Å². The molecule has 3 rings (SSSR count). The molecule has 0 spiro atoms. The van der Waals surface area contributed by atoms with Gasteiger partial charge in [0.25, 0.3) is 0 Å². The first kappa shape index (κ1) is 24.3. The van der Waals surface area contributed by atoms with Gasteiger partial charge in [-0.3, -0.25) is 19.2 Å². The van der Waals surface area contributed by atoms with Crippen LogP contribution in [-0.2, 0) is 38.1 Å². The molecule has 8 nitrogen and oxygen atoms in total. The second-order valence-electron chi connectivity index (χ2n) is 10.1. The van der Waals surface area contributed by atoms with Crippen molar-refractivity contribution in [2.75, 3.05) is 28.4 Å². The predicted octanol–water partition coefficient (Wildman–Crippen LogP) is 2.83. The number of esters is 4. The van der Waals surface area contributed by atoms with Crippen molar-refractivity contribution in [3.8, 4) is 0 Å². The third kappa shape index (κ3) is 3.25. The summed E-state index contributed by atoms with van der Waals surface area (Å²) in [7, 11) is 5.15. The van der Waals surface area contributed by atoms with Crippen molar-refractivity contribution in [2.45, 2.75) is 52.4 Å². The summed E-state index contributed by atoms with van der Waals surface area (Å²) in [5, 5.41) is 0. The van der Waals surface area contributed by atoms with E-state index in [0.29, 0.717) is 38.5 Å². The van der Waals surface area contributed by atoms with Gasteiger partial charge in [-0.2, -0.15) is 0 Å². The molecule has 4 atom stereocenters. The van der Waals surface area contributed by atoms with Gasteiger partial charge in [0.2, 0.25) is 0 Å². The highest BCUT2D eigenvalue weighted by Crippen LogP contribution is 2.66. The number of ether oxygens (including phenoxy) is 4. The number of carbonyl (C=O) groups is 4. The van der Waals surface area contributed by atoms with Gasteiger partial charge in [-0.05, 0) is 61.2 Å². The molecule has 8 heteroatoms. The number of rotatable bonds is 4. The summed E-state index contributed by atoms with van der Waals surface area (Å²) in [5.41, 5.74) is -3.31. The number of hydrogen-bond acceptors (Lipinski definition) is 8. The SMILES string of the molecule is COC(=O)C1(C(=O)OC)CC[C@@]2(C)[C@H]3CCC(C(=O)OC)(C(=O)OC)C[C@@]3(C)C=C[C@H]2C1. The lowest BCUT2D eigenvalue weighted by Crippen LogP contribution is -2.59. The standard InChI is InChI=1S/C24H34O8/c1-21-9-7-15-13-23(17(25)29-3,18(26)30-4)12-11-22(15,2)16(21)8-10-24(14-21,19(27)31-5)20(28)32-6/h7,9,15-16H,8,10-14H2,1-6H3/t15-,16-,21+,22+/m0/s1. The highest BCUT2D eigenvalue weighted by molar-refractivity contribution is 6.01. The Labute approximate surface area is 189 Å². The van der Waals surface area contributed by atoms with E-state index in [1.807, 2.05) is 6.08 Å². The normalized spacial score (nSPS) is 34.3. The molecule has 0 saturated heterocycles. The Bertz CT molecular complexity index is 813. The molecule has 0 radical (unpaired) electrons. The summed E-state index contributed by atoms with van der Waals surface area (Å²) in [6.45, 7) is 4.25. The summed E-state index contributed by atoms with van der Waals surface area (Å²) < 4.78 is 20.0. The van der Waals surface area contributed by atoms with E-state index in [2.05, 4.69) is 19.9 Å². The second kappa shape index (κ2) is 8.19. The van der Waals surface area contributed by atoms with Crippen molar-refractivity contribution in [1.82, 2.24) is 0 Å². The fourth-order valence-electron chi connectivity index (χ4n) is 6.94. The molecule has 0 bridgehead atoms. The van der Waals surface area contributed by atoms with Crippen LogP contribution in [0.5, 0.6) is 0 Å². The van der Waals surface area contributed by atoms with E-state index < -0.39 is 40.1 Å². The van der Waals surface area contributed by atoms with Crippen LogP contribution in [0.25, 0.3) is 0 Å². The zero-order valence-electron chi connectivity index (χ0n) is 19.8. The summed E-state index contributed by atoms with van der Waals surface area (Å²) in [5.74, 6) is -2.15. The molecular weight excluding hydrogens is 416 g/mol. The molecule has 0 aromatic carbocycles. The van der Waals surface area contributed by atoms with Crippen LogP contribution >= 0.6 is 0 Å². The number of carbonyl (C=O) groups excluding carboxylic acids is 4. The Morgan fingerprint density at radius 3 is 1.75 bits per heavy atom. The van der Waals surface area contributed by atoms with Gasteiger partial charge in [-0.1, -0.05) is 26.0 Å². The number of fused-ring (bicyclic) bond motifs is 3. The topological polar surface area (TPSA) is 105 Å². The maximum atomic E-state index is 12.7. The van der Waals surface area contributed by atoms with E-state index in [1.54, 1.807) is 0 Å². The molecular formula is C24H34O8. The lowest BCUT2D eigenvalue weighted by atomic mass is 9.43. The molecule has 0 aliphatic heterocycles. The predicted molar refractivity (Wildman–Crippen MR) is 113 cm³/mol. The molecule has 0 N–H and O–H groups in total. The van der Waals surface area contributed by atoms with E-state index in [0.717, 1.165) is 0 Å². The Morgan fingerprint density at radius 1 is 0.750 bits per heavy atom. The van der Waals surface area contributed by atoms with Crippen LogP contribution in [-0.4, -0.2) is 52.3 Å². The molecule has 3 aliphatic rings. The van der Waals surface area contributed by atoms with Crippen molar-refractivity contribution >= 4 is 23.9 Å². The highest BCUT2D eigenvalue weighted by Gasteiger charge is 2.65. The monoisotopic (exact) mass is 450 g/mol. The van der Waals surface area contributed by atoms with Crippen LogP contribution in [0.1, 0.15) is 52.4 Å². The fraction of sp³-hybridized carbons (Fsp3) is 0.750. The van der Waals surface area contributed by atoms with Gasteiger partial charge >= 0.3 is 23.9 Å². The maximum absolute atomic E-state index is 12.7. The van der Waals surface area contributed by atoms with Gasteiger partial charge in [0.15, 0.2) is 10.8 Å². The molecule has 0 amide bonds. The molecule has 0 unspecified atom stereocenters. The minimum Gasteiger partial charge on any atom is -0.468 e. The van der Waals surface area contributed by atoms with Gasteiger partial charge in [0.05, 0.1) is 28.4 Å². The van der Waals surface area contributed by atoms with Gasteiger partial charge in [0, 0.05) is 0 Å². The van der Waals surface area contributed by atoms with E-state index in [4.69, 9.17) is 18.9 Å². The minimum absolute atomic E-state index is 0.0451. The average Bonchev–Trinajstić information content (AvgIpc) is 2.80. The lowest BCUT2D eigenvalue weighted by molar-refractivity contribution is -0.187. The molecule has 0 heterocycles. The van der Waals surface area contributed by atoms with Gasteiger partial charge in [-0.25, -0.2) is 0 Å². The Balaban J connectivity index is 2.00. The first-order valence-electron chi connectivity index (χ1n) is 11.0. The highest BCUT2D eigenvalue weighted by atomic mass is 16.6. The van der Waals surface area contributed by atoms with Crippen LogP contribution < -0.4 is 0 Å². The van der Waals surface area contributed by atoms with E-state index in [9.17, 15) is 19.2 Å². The van der Waals surface area contributed by atoms with E-state index in [-0.39, 0.29) is 17.3 Å². The minimum atomic E-state index is -1.33. The molecule has 2 saturated carbocycles. The largest absolute Gasteiger partial charge is 0.468 e.